The minimum Gasteiger partial charge on any atom is -0.232 e. The van der Waals surface area contributed by atoms with E-state index >= 15 is 0 Å². The summed E-state index contributed by atoms with van der Waals surface area (Å²) in [5.74, 6) is 0. The molecule has 0 aliphatic heterocycles. The molecule has 5 nitrogen and oxygen atoms in total. The number of hydrogen-bond donors (Lipinski definition) is 1. The Hall–Kier alpha value is -2.17. The molecule has 3 rings (SSSR count). The number of nitrogens with two attached hydrogens (primary N) is 1. The first-order valence-corrected chi connectivity index (χ1v) is 9.88. The van der Waals surface area contributed by atoms with Gasteiger partial charge >= 0.3 is 6.18 Å². The van der Waals surface area contributed by atoms with Crippen LogP contribution in [-0.4, -0.2) is 18.2 Å². The predicted octanol–water partition coefficient (Wildman–Crippen LogP) is 4.28. The van der Waals surface area contributed by atoms with Crippen LogP contribution in [0.3, 0.4) is 0 Å². The maximum Gasteiger partial charge on any atom is 0.435 e. The molecule has 0 radical (unpaired) electrons. The van der Waals surface area contributed by atoms with Gasteiger partial charge in [0.15, 0.2) is 5.69 Å². The van der Waals surface area contributed by atoms with E-state index in [0.717, 1.165) is 16.3 Å². The highest BCUT2D eigenvalue weighted by Crippen LogP contribution is 2.36. The molecule has 142 valence electrons. The van der Waals surface area contributed by atoms with Crippen LogP contribution in [0.4, 0.5) is 13.2 Å². The van der Waals surface area contributed by atoms with Gasteiger partial charge in [0.1, 0.15) is 0 Å². The number of nitrogens with zero attached hydrogens (tertiary/aromatic N) is 2. The molecular weight excluding hydrogens is 447 g/mol. The maximum absolute atomic E-state index is 13.2. The molecule has 27 heavy (non-hydrogen) atoms. The van der Waals surface area contributed by atoms with Gasteiger partial charge in [-0.05, 0) is 49.4 Å². The molecular formula is C17H13BrF3N3O2S. The van der Waals surface area contributed by atoms with Crippen molar-refractivity contribution < 1.29 is 21.6 Å². The Morgan fingerprint density at radius 1 is 1.07 bits per heavy atom. The Morgan fingerprint density at radius 2 is 1.70 bits per heavy atom. The number of hydrogen-bond acceptors (Lipinski definition) is 3. The summed E-state index contributed by atoms with van der Waals surface area (Å²) in [6, 6.07) is 11.4. The van der Waals surface area contributed by atoms with E-state index < -0.39 is 21.9 Å². The molecule has 0 saturated heterocycles. The van der Waals surface area contributed by atoms with E-state index in [1.807, 2.05) is 13.0 Å². The summed E-state index contributed by atoms with van der Waals surface area (Å²) in [6.45, 7) is 1.82. The van der Waals surface area contributed by atoms with Crippen molar-refractivity contribution in [2.24, 2.45) is 5.14 Å². The fourth-order valence-corrected chi connectivity index (χ4v) is 3.49. The van der Waals surface area contributed by atoms with Gasteiger partial charge in [0.05, 0.1) is 16.3 Å². The van der Waals surface area contributed by atoms with Crippen molar-refractivity contribution in [3.05, 3.63) is 64.3 Å². The van der Waals surface area contributed by atoms with Crippen molar-refractivity contribution in [1.82, 2.24) is 9.78 Å². The fraction of sp³-hybridized carbons (Fsp3) is 0.118. The van der Waals surface area contributed by atoms with Crippen LogP contribution >= 0.6 is 15.9 Å². The van der Waals surface area contributed by atoms with E-state index in [1.165, 1.54) is 24.3 Å². The van der Waals surface area contributed by atoms with Gasteiger partial charge in [0.25, 0.3) is 0 Å². The number of aryl methyl sites for hydroxylation is 1. The van der Waals surface area contributed by atoms with Gasteiger partial charge in [-0.15, -0.1) is 0 Å². The molecule has 0 spiro atoms. The smallest absolute Gasteiger partial charge is 0.232 e. The zero-order chi connectivity index (χ0) is 20.0. The molecule has 0 atom stereocenters. The molecule has 0 fully saturated rings. The fourth-order valence-electron chi connectivity index (χ4n) is 2.52. The summed E-state index contributed by atoms with van der Waals surface area (Å²) in [7, 11) is -3.91. The SMILES string of the molecule is Cc1ccc(Br)c(-c2cc(C(F)(F)F)nn2-c2ccc(S(N)(=O)=O)cc2)c1. The lowest BCUT2D eigenvalue weighted by molar-refractivity contribution is -0.141. The zero-order valence-electron chi connectivity index (χ0n) is 13.8. The van der Waals surface area contributed by atoms with E-state index in [2.05, 4.69) is 21.0 Å². The quantitative estimate of drug-likeness (QED) is 0.634. The molecule has 1 heterocycles. The second-order valence-corrected chi connectivity index (χ2v) is 8.26. The first-order chi connectivity index (χ1) is 12.5. The van der Waals surface area contributed by atoms with Gasteiger partial charge < -0.3 is 0 Å². The van der Waals surface area contributed by atoms with Crippen LogP contribution in [0.1, 0.15) is 11.3 Å². The van der Waals surface area contributed by atoms with E-state index in [-0.39, 0.29) is 16.3 Å². The third-order valence-electron chi connectivity index (χ3n) is 3.81. The van der Waals surface area contributed by atoms with E-state index in [9.17, 15) is 21.6 Å². The summed E-state index contributed by atoms with van der Waals surface area (Å²) in [5, 5.41) is 8.74. The van der Waals surface area contributed by atoms with Crippen molar-refractivity contribution in [1.29, 1.82) is 0 Å². The lowest BCUT2D eigenvalue weighted by Crippen LogP contribution is -2.12. The molecule has 3 aromatic rings. The monoisotopic (exact) mass is 459 g/mol. The van der Waals surface area contributed by atoms with Gasteiger partial charge in [-0.25, -0.2) is 18.2 Å². The number of benzene rings is 2. The second kappa shape index (κ2) is 6.77. The molecule has 10 heteroatoms. The third-order valence-corrected chi connectivity index (χ3v) is 5.43. The molecule has 0 saturated carbocycles. The average molecular weight is 460 g/mol. The molecule has 0 amide bonds. The van der Waals surface area contributed by atoms with Crippen LogP contribution in [0.25, 0.3) is 16.9 Å². The van der Waals surface area contributed by atoms with E-state index in [0.29, 0.717) is 10.0 Å². The topological polar surface area (TPSA) is 78.0 Å². The van der Waals surface area contributed by atoms with Crippen LogP contribution in [0.2, 0.25) is 0 Å². The predicted molar refractivity (Wildman–Crippen MR) is 97.8 cm³/mol. The van der Waals surface area contributed by atoms with Crippen molar-refractivity contribution in [2.75, 3.05) is 0 Å². The standard InChI is InChI=1S/C17H13BrF3N3O2S/c1-10-2-7-14(18)13(8-10)15-9-16(17(19,20)21)23-24(15)11-3-5-12(6-4-11)27(22,25)26/h2-9H,1H3,(H2,22,25,26). The summed E-state index contributed by atoms with van der Waals surface area (Å²) in [5.41, 5.74) is 0.802. The van der Waals surface area contributed by atoms with Crippen LogP contribution < -0.4 is 5.14 Å². The highest BCUT2D eigenvalue weighted by Gasteiger charge is 2.35. The van der Waals surface area contributed by atoms with Crippen molar-refractivity contribution >= 4 is 26.0 Å². The average Bonchev–Trinajstić information content (AvgIpc) is 3.02. The molecule has 2 N–H and O–H groups in total. The van der Waals surface area contributed by atoms with Crippen molar-refractivity contribution in [3.63, 3.8) is 0 Å². The lowest BCUT2D eigenvalue weighted by Gasteiger charge is -2.10. The van der Waals surface area contributed by atoms with Gasteiger partial charge in [0, 0.05) is 10.0 Å². The second-order valence-electron chi connectivity index (χ2n) is 5.85. The number of rotatable bonds is 3. The molecule has 0 unspecified atom stereocenters. The minimum atomic E-state index is -4.63. The number of aromatic nitrogens is 2. The number of primary sulfonamides is 1. The Bertz CT molecular complexity index is 1110. The highest BCUT2D eigenvalue weighted by atomic mass is 79.9. The first kappa shape index (κ1) is 19.6. The van der Waals surface area contributed by atoms with Crippen LogP contribution in [0.5, 0.6) is 0 Å². The lowest BCUT2D eigenvalue weighted by atomic mass is 10.1. The molecule has 0 aliphatic rings. The summed E-state index contributed by atoms with van der Waals surface area (Å²) >= 11 is 3.35. The Labute approximate surface area is 161 Å². The third kappa shape index (κ3) is 4.07. The number of alkyl halides is 3. The van der Waals surface area contributed by atoms with Crippen LogP contribution in [-0.2, 0) is 16.2 Å². The van der Waals surface area contributed by atoms with Crippen molar-refractivity contribution in [2.45, 2.75) is 18.0 Å². The van der Waals surface area contributed by atoms with Crippen molar-refractivity contribution in [3.8, 4) is 16.9 Å². The maximum atomic E-state index is 13.2. The number of halogens is 4. The Morgan fingerprint density at radius 3 is 2.26 bits per heavy atom. The molecule has 2 aromatic carbocycles. The Balaban J connectivity index is 2.23. The van der Waals surface area contributed by atoms with Crippen LogP contribution in [0, 0.1) is 6.92 Å². The molecule has 1 aromatic heterocycles. The zero-order valence-corrected chi connectivity index (χ0v) is 16.2. The van der Waals surface area contributed by atoms with E-state index in [1.54, 1.807) is 12.1 Å². The first-order valence-electron chi connectivity index (χ1n) is 7.54. The van der Waals surface area contributed by atoms with Gasteiger partial charge in [-0.1, -0.05) is 27.6 Å². The van der Waals surface area contributed by atoms with Gasteiger partial charge in [-0.2, -0.15) is 18.3 Å². The normalized spacial score (nSPS) is 12.4. The van der Waals surface area contributed by atoms with E-state index in [4.69, 9.17) is 5.14 Å². The summed E-state index contributed by atoms with van der Waals surface area (Å²) < 4.78 is 64.2. The summed E-state index contributed by atoms with van der Waals surface area (Å²) in [6.07, 6.45) is -4.63. The highest BCUT2D eigenvalue weighted by molar-refractivity contribution is 9.10. The Kier molecular flexibility index (Phi) is 4.91. The minimum absolute atomic E-state index is 0.146. The van der Waals surface area contributed by atoms with Gasteiger partial charge in [-0.3, -0.25) is 0 Å². The largest absolute Gasteiger partial charge is 0.435 e. The summed E-state index contributed by atoms with van der Waals surface area (Å²) in [4.78, 5) is -0.146. The number of sulfonamides is 1. The van der Waals surface area contributed by atoms with Gasteiger partial charge in [0.2, 0.25) is 10.0 Å². The molecule has 0 aliphatic carbocycles. The van der Waals surface area contributed by atoms with Crippen LogP contribution in [0.15, 0.2) is 57.9 Å². The molecule has 0 bridgehead atoms.